The average molecular weight is 306 g/mol. The van der Waals surface area contributed by atoms with Crippen LogP contribution in [0.3, 0.4) is 0 Å². The summed E-state index contributed by atoms with van der Waals surface area (Å²) in [4.78, 5) is 0. The van der Waals surface area contributed by atoms with Gasteiger partial charge in [-0.1, -0.05) is 33.3 Å². The molecule has 96 valence electrons. The van der Waals surface area contributed by atoms with E-state index in [0.717, 1.165) is 18.5 Å². The van der Waals surface area contributed by atoms with E-state index in [4.69, 9.17) is 0 Å². The fourth-order valence-electron chi connectivity index (χ4n) is 1.85. The molecule has 0 aliphatic rings. The number of hydrogen-bond acceptors (Lipinski definition) is 1. The van der Waals surface area contributed by atoms with E-state index >= 15 is 0 Å². The summed E-state index contributed by atoms with van der Waals surface area (Å²) in [5.74, 6) is -1.27. The molecule has 0 aromatic heterocycles. The SMILES string of the molecule is CCNC(c1ccc(F)c(F)c1Br)C(C)CC. The fraction of sp³-hybridized carbons (Fsp3) is 0.538. The molecule has 0 aliphatic carbocycles. The molecule has 2 atom stereocenters. The smallest absolute Gasteiger partial charge is 0.173 e. The molecule has 0 amide bonds. The van der Waals surface area contributed by atoms with E-state index < -0.39 is 11.6 Å². The van der Waals surface area contributed by atoms with Gasteiger partial charge in [0.15, 0.2) is 11.6 Å². The van der Waals surface area contributed by atoms with Crippen molar-refractivity contribution in [1.29, 1.82) is 0 Å². The van der Waals surface area contributed by atoms with E-state index in [1.165, 1.54) is 6.07 Å². The van der Waals surface area contributed by atoms with Gasteiger partial charge in [-0.3, -0.25) is 0 Å². The first-order valence-corrected chi connectivity index (χ1v) is 6.68. The van der Waals surface area contributed by atoms with Crippen LogP contribution in [-0.2, 0) is 0 Å². The third-order valence-electron chi connectivity index (χ3n) is 3.04. The molecule has 1 nitrogen and oxygen atoms in total. The minimum absolute atomic E-state index is 0.0366. The van der Waals surface area contributed by atoms with Gasteiger partial charge in [-0.05, 0) is 40.0 Å². The van der Waals surface area contributed by atoms with Gasteiger partial charge in [-0.25, -0.2) is 8.78 Å². The molecule has 1 N–H and O–H groups in total. The summed E-state index contributed by atoms with van der Waals surface area (Å²) >= 11 is 3.14. The van der Waals surface area contributed by atoms with Crippen molar-refractivity contribution in [2.45, 2.75) is 33.2 Å². The van der Waals surface area contributed by atoms with E-state index in [0.29, 0.717) is 5.92 Å². The second-order valence-electron chi connectivity index (χ2n) is 4.19. The lowest BCUT2D eigenvalue weighted by Gasteiger charge is -2.25. The molecule has 0 saturated heterocycles. The maximum Gasteiger partial charge on any atom is 0.173 e. The molecule has 0 radical (unpaired) electrons. The van der Waals surface area contributed by atoms with Crippen LogP contribution >= 0.6 is 15.9 Å². The highest BCUT2D eigenvalue weighted by Crippen LogP contribution is 2.32. The highest BCUT2D eigenvalue weighted by Gasteiger charge is 2.22. The van der Waals surface area contributed by atoms with E-state index in [2.05, 4.69) is 35.1 Å². The van der Waals surface area contributed by atoms with Crippen LogP contribution in [0.4, 0.5) is 8.78 Å². The van der Waals surface area contributed by atoms with Crippen LogP contribution in [0.2, 0.25) is 0 Å². The first-order valence-electron chi connectivity index (χ1n) is 5.89. The third-order valence-corrected chi connectivity index (χ3v) is 3.84. The van der Waals surface area contributed by atoms with Crippen LogP contribution in [0.25, 0.3) is 0 Å². The Morgan fingerprint density at radius 2 is 1.94 bits per heavy atom. The maximum atomic E-state index is 13.5. The summed E-state index contributed by atoms with van der Waals surface area (Å²) in [5, 5.41) is 3.32. The van der Waals surface area contributed by atoms with Gasteiger partial charge in [0.2, 0.25) is 0 Å². The second-order valence-corrected chi connectivity index (χ2v) is 4.98. The van der Waals surface area contributed by atoms with Crippen molar-refractivity contribution in [2.24, 2.45) is 5.92 Å². The maximum absolute atomic E-state index is 13.5. The van der Waals surface area contributed by atoms with E-state index in [1.807, 2.05) is 6.92 Å². The Balaban J connectivity index is 3.14. The normalized spacial score (nSPS) is 14.7. The molecule has 1 rings (SSSR count). The third kappa shape index (κ3) is 3.26. The lowest BCUT2D eigenvalue weighted by atomic mass is 9.92. The summed E-state index contributed by atoms with van der Waals surface area (Å²) in [7, 11) is 0. The van der Waals surface area contributed by atoms with Crippen molar-refractivity contribution in [2.75, 3.05) is 6.54 Å². The molecule has 0 bridgehead atoms. The molecule has 4 heteroatoms. The predicted octanol–water partition coefficient (Wildman–Crippen LogP) is 4.42. The first-order chi connectivity index (χ1) is 8.02. The fourth-order valence-corrected chi connectivity index (χ4v) is 2.42. The van der Waals surface area contributed by atoms with Gasteiger partial charge in [0.25, 0.3) is 0 Å². The number of halogens is 3. The molecular formula is C13H18BrF2N. The van der Waals surface area contributed by atoms with Crippen molar-refractivity contribution in [3.8, 4) is 0 Å². The number of benzene rings is 1. The van der Waals surface area contributed by atoms with Gasteiger partial charge in [-0.15, -0.1) is 0 Å². The molecule has 0 saturated carbocycles. The second kappa shape index (κ2) is 6.45. The Morgan fingerprint density at radius 1 is 1.29 bits per heavy atom. The molecule has 2 unspecified atom stereocenters. The summed E-state index contributed by atoms with van der Waals surface area (Å²) in [5.41, 5.74) is 0.778. The highest BCUT2D eigenvalue weighted by atomic mass is 79.9. The lowest BCUT2D eigenvalue weighted by molar-refractivity contribution is 0.379. The molecule has 1 aromatic carbocycles. The van der Waals surface area contributed by atoms with Crippen molar-refractivity contribution < 1.29 is 8.78 Å². The summed E-state index contributed by atoms with van der Waals surface area (Å²) < 4.78 is 26.8. The van der Waals surface area contributed by atoms with Crippen LogP contribution in [0.1, 0.15) is 38.8 Å². The number of nitrogens with one attached hydrogen (secondary N) is 1. The van der Waals surface area contributed by atoms with Crippen molar-refractivity contribution in [1.82, 2.24) is 5.32 Å². The van der Waals surface area contributed by atoms with Crippen molar-refractivity contribution >= 4 is 15.9 Å². The van der Waals surface area contributed by atoms with Gasteiger partial charge in [0.1, 0.15) is 0 Å². The Bertz CT molecular complexity index is 382. The van der Waals surface area contributed by atoms with Crippen molar-refractivity contribution in [3.05, 3.63) is 33.8 Å². The van der Waals surface area contributed by atoms with Gasteiger partial charge >= 0.3 is 0 Å². The Morgan fingerprint density at radius 3 is 2.47 bits per heavy atom. The van der Waals surface area contributed by atoms with Gasteiger partial charge in [0, 0.05) is 6.04 Å². The summed E-state index contributed by atoms with van der Waals surface area (Å²) in [6.07, 6.45) is 0.975. The van der Waals surface area contributed by atoms with E-state index in [9.17, 15) is 8.78 Å². The van der Waals surface area contributed by atoms with Crippen molar-refractivity contribution in [3.63, 3.8) is 0 Å². The number of hydrogen-bond donors (Lipinski definition) is 1. The molecule has 1 aromatic rings. The van der Waals surface area contributed by atoms with E-state index in [1.54, 1.807) is 6.07 Å². The summed E-state index contributed by atoms with van der Waals surface area (Å²) in [6, 6.07) is 2.86. The zero-order valence-corrected chi connectivity index (χ0v) is 11.9. The molecule has 17 heavy (non-hydrogen) atoms. The quantitative estimate of drug-likeness (QED) is 0.794. The van der Waals surface area contributed by atoms with E-state index in [-0.39, 0.29) is 10.5 Å². The molecule has 0 fully saturated rings. The first kappa shape index (κ1) is 14.6. The standard InChI is InChI=1S/C13H18BrF2N/c1-4-8(3)13(17-5-2)9-6-7-10(15)12(16)11(9)14/h6-8,13,17H,4-5H2,1-3H3. The zero-order chi connectivity index (χ0) is 13.0. The topological polar surface area (TPSA) is 12.0 Å². The van der Waals surface area contributed by atoms with Crippen LogP contribution in [-0.4, -0.2) is 6.54 Å². The average Bonchev–Trinajstić information content (AvgIpc) is 2.33. The lowest BCUT2D eigenvalue weighted by Crippen LogP contribution is -2.27. The van der Waals surface area contributed by atoms with Gasteiger partial charge in [0.05, 0.1) is 4.47 Å². The minimum Gasteiger partial charge on any atom is -0.310 e. The molecule has 0 aliphatic heterocycles. The van der Waals surface area contributed by atoms with Crippen LogP contribution < -0.4 is 5.32 Å². The summed E-state index contributed by atoms with van der Waals surface area (Å²) in [6.45, 7) is 6.98. The van der Waals surface area contributed by atoms with Gasteiger partial charge in [-0.2, -0.15) is 0 Å². The largest absolute Gasteiger partial charge is 0.310 e. The monoisotopic (exact) mass is 305 g/mol. The molecule has 0 spiro atoms. The van der Waals surface area contributed by atoms with Gasteiger partial charge < -0.3 is 5.32 Å². The van der Waals surface area contributed by atoms with Crippen LogP contribution in [0.5, 0.6) is 0 Å². The predicted molar refractivity (Wildman–Crippen MR) is 69.9 cm³/mol. The van der Waals surface area contributed by atoms with Crippen LogP contribution in [0, 0.1) is 17.6 Å². The molecule has 0 heterocycles. The highest BCUT2D eigenvalue weighted by molar-refractivity contribution is 9.10. The Kier molecular flexibility index (Phi) is 5.53. The minimum atomic E-state index is -0.819. The zero-order valence-electron chi connectivity index (χ0n) is 10.4. The molecular weight excluding hydrogens is 288 g/mol. The Labute approximate surface area is 110 Å². The Hall–Kier alpha value is -0.480. The number of rotatable bonds is 5. The van der Waals surface area contributed by atoms with Crippen LogP contribution in [0.15, 0.2) is 16.6 Å².